The lowest BCUT2D eigenvalue weighted by molar-refractivity contribution is -0.0780. The van der Waals surface area contributed by atoms with Crippen LogP contribution in [-0.4, -0.2) is 36.8 Å². The Morgan fingerprint density at radius 2 is 2.09 bits per heavy atom. The van der Waals surface area contributed by atoms with E-state index in [9.17, 15) is 0 Å². The zero-order valence-electron chi connectivity index (χ0n) is 13.4. The summed E-state index contributed by atoms with van der Waals surface area (Å²) in [5, 5.41) is 0. The Bertz CT molecular complexity index is 668. The molecular weight excluding hydrogens is 290 g/mol. The summed E-state index contributed by atoms with van der Waals surface area (Å²) in [7, 11) is 1.74. The molecule has 1 spiro atoms. The van der Waals surface area contributed by atoms with Crippen molar-refractivity contribution in [3.8, 4) is 5.75 Å². The minimum Gasteiger partial charge on any atom is -0.496 e. The maximum atomic E-state index is 6.32. The van der Waals surface area contributed by atoms with Gasteiger partial charge in [-0.05, 0) is 30.9 Å². The number of fused-ring (bicyclic) bond motifs is 2. The van der Waals surface area contributed by atoms with Crippen LogP contribution < -0.4 is 9.64 Å². The normalized spacial score (nSPS) is 19.4. The van der Waals surface area contributed by atoms with Crippen LogP contribution in [0.4, 0.5) is 5.82 Å². The van der Waals surface area contributed by atoms with Crippen LogP contribution in [0.5, 0.6) is 5.75 Å². The van der Waals surface area contributed by atoms with Gasteiger partial charge in [0, 0.05) is 31.0 Å². The Balaban J connectivity index is 1.63. The molecule has 120 valence electrons. The highest BCUT2D eigenvalue weighted by atomic mass is 16.5. The van der Waals surface area contributed by atoms with Gasteiger partial charge in [-0.1, -0.05) is 12.1 Å². The van der Waals surface area contributed by atoms with Crippen molar-refractivity contribution < 1.29 is 9.47 Å². The second-order valence-electron chi connectivity index (χ2n) is 6.14. The fourth-order valence-electron chi connectivity index (χ4n) is 3.85. The van der Waals surface area contributed by atoms with Crippen LogP contribution in [0.2, 0.25) is 0 Å². The molecule has 0 N–H and O–H groups in total. The number of hydrogen-bond acceptors (Lipinski definition) is 5. The van der Waals surface area contributed by atoms with Crippen molar-refractivity contribution in [1.82, 2.24) is 9.97 Å². The largest absolute Gasteiger partial charge is 0.496 e. The van der Waals surface area contributed by atoms with Gasteiger partial charge in [-0.3, -0.25) is 4.98 Å². The van der Waals surface area contributed by atoms with Gasteiger partial charge in [-0.25, -0.2) is 4.98 Å². The Hall–Kier alpha value is -2.14. The maximum absolute atomic E-state index is 6.32. The molecule has 0 atom stereocenters. The minimum absolute atomic E-state index is 0.223. The SMILES string of the molecule is COc1cccc2c1C1(CCN(c3cnccn3)CC1)OCC2. The molecule has 4 rings (SSSR count). The molecule has 0 amide bonds. The zero-order valence-corrected chi connectivity index (χ0v) is 13.4. The molecule has 3 heterocycles. The van der Waals surface area contributed by atoms with Crippen LogP contribution in [0.15, 0.2) is 36.8 Å². The highest BCUT2D eigenvalue weighted by Crippen LogP contribution is 2.46. The first-order valence-electron chi connectivity index (χ1n) is 8.14. The third-order valence-electron chi connectivity index (χ3n) is 4.98. The molecule has 0 saturated carbocycles. The summed E-state index contributed by atoms with van der Waals surface area (Å²) in [6.45, 7) is 2.61. The topological polar surface area (TPSA) is 47.5 Å². The van der Waals surface area contributed by atoms with E-state index in [-0.39, 0.29) is 5.60 Å². The summed E-state index contributed by atoms with van der Waals surface area (Å²) in [5.41, 5.74) is 2.40. The maximum Gasteiger partial charge on any atom is 0.147 e. The van der Waals surface area contributed by atoms with Crippen molar-refractivity contribution in [2.45, 2.75) is 24.9 Å². The number of benzene rings is 1. The molecule has 2 aliphatic heterocycles. The lowest BCUT2D eigenvalue weighted by Gasteiger charge is -2.45. The summed E-state index contributed by atoms with van der Waals surface area (Å²) in [4.78, 5) is 10.9. The molecule has 1 saturated heterocycles. The number of rotatable bonds is 2. The van der Waals surface area contributed by atoms with Crippen LogP contribution >= 0.6 is 0 Å². The molecule has 1 fully saturated rings. The summed E-state index contributed by atoms with van der Waals surface area (Å²) in [6.07, 6.45) is 8.12. The van der Waals surface area contributed by atoms with Crippen molar-refractivity contribution in [3.63, 3.8) is 0 Å². The zero-order chi connectivity index (χ0) is 15.7. The molecule has 2 aliphatic rings. The van der Waals surface area contributed by atoms with E-state index in [1.807, 2.05) is 12.3 Å². The highest BCUT2D eigenvalue weighted by molar-refractivity contribution is 5.47. The smallest absolute Gasteiger partial charge is 0.147 e. The molecule has 1 aromatic carbocycles. The van der Waals surface area contributed by atoms with Crippen LogP contribution in [0.1, 0.15) is 24.0 Å². The average molecular weight is 311 g/mol. The quantitative estimate of drug-likeness (QED) is 0.853. The lowest BCUT2D eigenvalue weighted by atomic mass is 9.79. The Morgan fingerprint density at radius 1 is 1.22 bits per heavy atom. The third-order valence-corrected chi connectivity index (χ3v) is 4.98. The van der Waals surface area contributed by atoms with Crippen molar-refractivity contribution in [2.24, 2.45) is 0 Å². The van der Waals surface area contributed by atoms with E-state index < -0.39 is 0 Å². The molecule has 5 nitrogen and oxygen atoms in total. The van der Waals surface area contributed by atoms with Gasteiger partial charge in [0.05, 0.1) is 19.9 Å². The molecule has 0 aliphatic carbocycles. The number of methoxy groups -OCH3 is 1. The summed E-state index contributed by atoms with van der Waals surface area (Å²) in [6, 6.07) is 6.33. The average Bonchev–Trinajstić information content (AvgIpc) is 2.63. The number of nitrogens with zero attached hydrogens (tertiary/aromatic N) is 3. The van der Waals surface area contributed by atoms with Gasteiger partial charge in [0.2, 0.25) is 0 Å². The summed E-state index contributed by atoms with van der Waals surface area (Å²) >= 11 is 0. The van der Waals surface area contributed by atoms with E-state index >= 15 is 0 Å². The van der Waals surface area contributed by atoms with E-state index in [0.717, 1.165) is 50.5 Å². The van der Waals surface area contributed by atoms with Crippen molar-refractivity contribution in [2.75, 3.05) is 31.7 Å². The van der Waals surface area contributed by atoms with E-state index in [1.54, 1.807) is 19.5 Å². The molecule has 0 bridgehead atoms. The first-order valence-corrected chi connectivity index (χ1v) is 8.14. The monoisotopic (exact) mass is 311 g/mol. The van der Waals surface area contributed by atoms with Crippen LogP contribution in [-0.2, 0) is 16.8 Å². The fraction of sp³-hybridized carbons (Fsp3) is 0.444. The Labute approximate surface area is 136 Å². The van der Waals surface area contributed by atoms with Gasteiger partial charge in [-0.15, -0.1) is 0 Å². The van der Waals surface area contributed by atoms with Gasteiger partial charge >= 0.3 is 0 Å². The van der Waals surface area contributed by atoms with E-state index in [0.29, 0.717) is 0 Å². The van der Waals surface area contributed by atoms with E-state index in [4.69, 9.17) is 9.47 Å². The van der Waals surface area contributed by atoms with Gasteiger partial charge in [-0.2, -0.15) is 0 Å². The number of ether oxygens (including phenoxy) is 2. The van der Waals surface area contributed by atoms with Crippen LogP contribution in [0.25, 0.3) is 0 Å². The molecule has 0 unspecified atom stereocenters. The Morgan fingerprint density at radius 3 is 2.83 bits per heavy atom. The van der Waals surface area contributed by atoms with Gasteiger partial charge < -0.3 is 14.4 Å². The summed E-state index contributed by atoms with van der Waals surface area (Å²) in [5.74, 6) is 1.90. The molecule has 23 heavy (non-hydrogen) atoms. The van der Waals surface area contributed by atoms with Gasteiger partial charge in [0.25, 0.3) is 0 Å². The van der Waals surface area contributed by atoms with Crippen LogP contribution in [0, 0.1) is 0 Å². The highest BCUT2D eigenvalue weighted by Gasteiger charge is 2.43. The Kier molecular flexibility index (Phi) is 3.65. The second-order valence-corrected chi connectivity index (χ2v) is 6.14. The number of aromatic nitrogens is 2. The number of piperidine rings is 1. The van der Waals surface area contributed by atoms with E-state index in [1.165, 1.54) is 11.1 Å². The predicted octanol–water partition coefficient (Wildman–Crippen LogP) is 2.55. The standard InChI is InChI=1S/C18H21N3O2/c1-22-15-4-2-3-14-5-12-23-18(17(14)15)6-10-21(11-7-18)16-13-19-8-9-20-16/h2-4,8-9,13H,5-7,10-12H2,1H3. The molecule has 1 aromatic heterocycles. The lowest BCUT2D eigenvalue weighted by Crippen LogP contribution is -2.47. The number of hydrogen-bond donors (Lipinski definition) is 0. The van der Waals surface area contributed by atoms with Gasteiger partial charge in [0.15, 0.2) is 0 Å². The summed E-state index contributed by atoms with van der Waals surface area (Å²) < 4.78 is 12.0. The second kappa shape index (κ2) is 5.81. The first-order chi connectivity index (χ1) is 11.3. The predicted molar refractivity (Wildman–Crippen MR) is 87.8 cm³/mol. The van der Waals surface area contributed by atoms with Crippen molar-refractivity contribution in [1.29, 1.82) is 0 Å². The third kappa shape index (κ3) is 2.45. The van der Waals surface area contributed by atoms with Crippen LogP contribution in [0.3, 0.4) is 0 Å². The van der Waals surface area contributed by atoms with Gasteiger partial charge in [0.1, 0.15) is 17.2 Å². The van der Waals surface area contributed by atoms with E-state index in [2.05, 4.69) is 27.0 Å². The molecule has 2 aromatic rings. The minimum atomic E-state index is -0.223. The van der Waals surface area contributed by atoms with Crippen molar-refractivity contribution >= 4 is 5.82 Å². The molecule has 0 radical (unpaired) electrons. The molecule has 5 heteroatoms. The van der Waals surface area contributed by atoms with Crippen molar-refractivity contribution in [3.05, 3.63) is 47.9 Å². The first kappa shape index (κ1) is 14.5. The molecular formula is C18H21N3O2. The fourth-order valence-corrected chi connectivity index (χ4v) is 3.85. The number of anilines is 1.